The van der Waals surface area contributed by atoms with E-state index in [9.17, 15) is 19.2 Å². The van der Waals surface area contributed by atoms with Gasteiger partial charge in [0, 0.05) is 18.0 Å². The summed E-state index contributed by atoms with van der Waals surface area (Å²) in [6.07, 6.45) is 5.66. The number of nitrogens with one attached hydrogen (secondary N) is 2. The van der Waals surface area contributed by atoms with Gasteiger partial charge in [0.1, 0.15) is 11.5 Å². The number of carbonyl (C=O) groups excluding carboxylic acids is 4. The molecule has 0 bridgehead atoms. The third-order valence-corrected chi connectivity index (χ3v) is 7.55. The third kappa shape index (κ3) is 4.18. The lowest BCUT2D eigenvalue weighted by molar-refractivity contribution is -0.116. The molecule has 4 amide bonds. The van der Waals surface area contributed by atoms with Crippen LogP contribution in [0.3, 0.4) is 0 Å². The summed E-state index contributed by atoms with van der Waals surface area (Å²) in [7, 11) is 0. The van der Waals surface area contributed by atoms with Crippen LogP contribution in [-0.2, 0) is 22.4 Å². The Morgan fingerprint density at radius 3 is 2.48 bits per heavy atom. The van der Waals surface area contributed by atoms with E-state index in [2.05, 4.69) is 10.6 Å². The summed E-state index contributed by atoms with van der Waals surface area (Å²) in [6.45, 7) is 0.755. The Balaban J connectivity index is 1.32. The molecule has 1 aromatic carbocycles. The van der Waals surface area contributed by atoms with Crippen LogP contribution in [0.4, 0.5) is 5.00 Å². The van der Waals surface area contributed by atoms with Crippen molar-refractivity contribution in [1.29, 1.82) is 0 Å². The highest BCUT2D eigenvalue weighted by Gasteiger charge is 2.36. The van der Waals surface area contributed by atoms with Crippen molar-refractivity contribution in [2.75, 3.05) is 25.0 Å². The molecule has 33 heavy (non-hydrogen) atoms. The molecule has 3 aliphatic rings. The molecular formula is C24H25N3O5S. The first-order valence-electron chi connectivity index (χ1n) is 11.3. The molecular weight excluding hydrogens is 442 g/mol. The molecule has 2 N–H and O–H groups in total. The van der Waals surface area contributed by atoms with Gasteiger partial charge in [-0.2, -0.15) is 0 Å². The van der Waals surface area contributed by atoms with Crippen LogP contribution in [0.5, 0.6) is 0 Å². The molecule has 1 aliphatic carbocycles. The topological polar surface area (TPSA) is 105 Å². The molecule has 1 aromatic heterocycles. The second kappa shape index (κ2) is 9.07. The number of aryl methyl sites for hydroxylation is 1. The van der Waals surface area contributed by atoms with Crippen molar-refractivity contribution < 1.29 is 23.9 Å². The molecule has 0 spiro atoms. The van der Waals surface area contributed by atoms with E-state index in [0.29, 0.717) is 34.8 Å². The number of benzene rings is 1. The van der Waals surface area contributed by atoms with Crippen molar-refractivity contribution in [3.63, 3.8) is 0 Å². The van der Waals surface area contributed by atoms with Gasteiger partial charge in [0.05, 0.1) is 22.8 Å². The van der Waals surface area contributed by atoms with E-state index in [0.717, 1.165) is 53.9 Å². The van der Waals surface area contributed by atoms with Crippen LogP contribution in [0.1, 0.15) is 67.2 Å². The lowest BCUT2D eigenvalue weighted by atomic mass is 9.95. The average molecular weight is 468 g/mol. The Bertz CT molecular complexity index is 1100. The lowest BCUT2D eigenvalue weighted by Gasteiger charge is -2.16. The minimum Gasteiger partial charge on any atom is -0.376 e. The van der Waals surface area contributed by atoms with Crippen LogP contribution < -0.4 is 10.6 Å². The fourth-order valence-electron chi connectivity index (χ4n) is 4.69. The molecule has 1 fully saturated rings. The number of hydrogen-bond donors (Lipinski definition) is 2. The maximum atomic E-state index is 13.1. The van der Waals surface area contributed by atoms with Crippen molar-refractivity contribution in [2.24, 2.45) is 0 Å². The summed E-state index contributed by atoms with van der Waals surface area (Å²) in [5.41, 5.74) is 2.10. The summed E-state index contributed by atoms with van der Waals surface area (Å²) in [5.74, 6) is -1.69. The highest BCUT2D eigenvalue weighted by Crippen LogP contribution is 2.38. The number of ether oxygens (including phenoxy) is 1. The number of thiophene rings is 1. The van der Waals surface area contributed by atoms with Crippen LogP contribution in [0.2, 0.25) is 0 Å². The monoisotopic (exact) mass is 467 g/mol. The van der Waals surface area contributed by atoms with E-state index in [4.69, 9.17) is 4.74 Å². The predicted molar refractivity (Wildman–Crippen MR) is 123 cm³/mol. The average Bonchev–Trinajstić information content (AvgIpc) is 3.52. The first-order chi connectivity index (χ1) is 16.0. The Morgan fingerprint density at radius 1 is 1.06 bits per heavy atom. The van der Waals surface area contributed by atoms with Gasteiger partial charge in [0.2, 0.25) is 5.91 Å². The first-order valence-corrected chi connectivity index (χ1v) is 12.1. The molecule has 1 atom stereocenters. The van der Waals surface area contributed by atoms with Gasteiger partial charge in [-0.25, -0.2) is 0 Å². The summed E-state index contributed by atoms with van der Waals surface area (Å²) >= 11 is 1.41. The second-order valence-corrected chi connectivity index (χ2v) is 9.66. The number of amides is 4. The normalized spacial score (nSPS) is 19.4. The summed E-state index contributed by atoms with van der Waals surface area (Å²) < 4.78 is 5.60. The van der Waals surface area contributed by atoms with Gasteiger partial charge >= 0.3 is 0 Å². The van der Waals surface area contributed by atoms with Gasteiger partial charge in [-0.1, -0.05) is 12.1 Å². The number of nitrogens with zero attached hydrogens (tertiary/aromatic N) is 1. The molecule has 9 heteroatoms. The Hall–Kier alpha value is -3.04. The highest BCUT2D eigenvalue weighted by molar-refractivity contribution is 7.17. The number of carbonyl (C=O) groups is 4. The van der Waals surface area contributed by atoms with E-state index >= 15 is 0 Å². The molecule has 172 valence electrons. The fraction of sp³-hybridized carbons (Fsp3) is 0.417. The van der Waals surface area contributed by atoms with Crippen LogP contribution in [-0.4, -0.2) is 54.3 Å². The quantitative estimate of drug-likeness (QED) is 0.636. The molecule has 1 unspecified atom stereocenters. The van der Waals surface area contributed by atoms with Crippen molar-refractivity contribution in [2.45, 2.75) is 44.6 Å². The van der Waals surface area contributed by atoms with Crippen LogP contribution in [0.25, 0.3) is 0 Å². The molecule has 8 nitrogen and oxygen atoms in total. The Labute approximate surface area is 195 Å². The standard InChI is InChI=1S/C24H25N3O5S/c28-19(13-27-23(30)15-7-1-2-8-16(15)24(27)31)26-22-20(17-9-3-4-10-18(17)33-22)21(29)25-12-14-6-5-11-32-14/h1-2,7-8,14H,3-6,9-13H2,(H,25,29)(H,26,28). The number of rotatable bonds is 6. The maximum absolute atomic E-state index is 13.1. The Morgan fingerprint density at radius 2 is 1.79 bits per heavy atom. The Kier molecular flexibility index (Phi) is 5.99. The van der Waals surface area contributed by atoms with Crippen molar-refractivity contribution in [1.82, 2.24) is 10.2 Å². The largest absolute Gasteiger partial charge is 0.376 e. The molecule has 0 saturated carbocycles. The molecule has 5 rings (SSSR count). The zero-order chi connectivity index (χ0) is 22.9. The van der Waals surface area contributed by atoms with Crippen LogP contribution in [0, 0.1) is 0 Å². The number of hydrogen-bond acceptors (Lipinski definition) is 6. The van der Waals surface area contributed by atoms with Crippen molar-refractivity contribution in [3.8, 4) is 0 Å². The number of imide groups is 1. The minimum atomic E-state index is -0.503. The summed E-state index contributed by atoms with van der Waals surface area (Å²) in [4.78, 5) is 53.2. The molecule has 2 aliphatic heterocycles. The minimum absolute atomic E-state index is 0.0234. The number of anilines is 1. The van der Waals surface area contributed by atoms with E-state index in [-0.39, 0.29) is 12.0 Å². The van der Waals surface area contributed by atoms with E-state index in [1.807, 2.05) is 0 Å². The molecule has 1 saturated heterocycles. The van der Waals surface area contributed by atoms with Gasteiger partial charge in [-0.15, -0.1) is 11.3 Å². The maximum Gasteiger partial charge on any atom is 0.262 e. The van der Waals surface area contributed by atoms with Gasteiger partial charge in [-0.05, 0) is 56.2 Å². The number of fused-ring (bicyclic) bond motifs is 2. The highest BCUT2D eigenvalue weighted by atomic mass is 32.1. The SMILES string of the molecule is O=C(CN1C(=O)c2ccccc2C1=O)Nc1sc2c(c1C(=O)NCC1CCCO1)CCCC2. The van der Waals surface area contributed by atoms with Gasteiger partial charge in [0.15, 0.2) is 0 Å². The van der Waals surface area contributed by atoms with E-state index in [1.54, 1.807) is 24.3 Å². The summed E-state index contributed by atoms with van der Waals surface area (Å²) in [6, 6.07) is 6.53. The fourth-order valence-corrected chi connectivity index (χ4v) is 5.99. The third-order valence-electron chi connectivity index (χ3n) is 6.35. The van der Waals surface area contributed by atoms with Crippen LogP contribution in [0.15, 0.2) is 24.3 Å². The van der Waals surface area contributed by atoms with Gasteiger partial charge in [-0.3, -0.25) is 24.1 Å². The van der Waals surface area contributed by atoms with Gasteiger partial charge in [0.25, 0.3) is 17.7 Å². The zero-order valence-electron chi connectivity index (χ0n) is 18.1. The van der Waals surface area contributed by atoms with Crippen molar-refractivity contribution >= 4 is 40.0 Å². The predicted octanol–water partition coefficient (Wildman–Crippen LogP) is 2.77. The van der Waals surface area contributed by atoms with Crippen LogP contribution >= 0.6 is 11.3 Å². The first kappa shape index (κ1) is 21.8. The second-order valence-electron chi connectivity index (χ2n) is 8.55. The molecule has 3 heterocycles. The molecule has 2 aromatic rings. The smallest absolute Gasteiger partial charge is 0.262 e. The molecule has 0 radical (unpaired) electrons. The lowest BCUT2D eigenvalue weighted by Crippen LogP contribution is -2.37. The summed E-state index contributed by atoms with van der Waals surface area (Å²) in [5, 5.41) is 6.26. The zero-order valence-corrected chi connectivity index (χ0v) is 19.0. The van der Waals surface area contributed by atoms with E-state index in [1.165, 1.54) is 11.3 Å². The van der Waals surface area contributed by atoms with E-state index < -0.39 is 24.3 Å². The van der Waals surface area contributed by atoms with Gasteiger partial charge < -0.3 is 15.4 Å². The van der Waals surface area contributed by atoms with Crippen molar-refractivity contribution in [3.05, 3.63) is 51.4 Å².